The van der Waals surface area contributed by atoms with Gasteiger partial charge in [0, 0.05) is 5.75 Å². The third-order valence-electron chi connectivity index (χ3n) is 2.77. The molecular formula is C16H16IN3OS. The summed E-state index contributed by atoms with van der Waals surface area (Å²) in [6.07, 6.45) is 1.66. The molecule has 0 heterocycles. The highest BCUT2D eigenvalue weighted by atomic mass is 127. The van der Waals surface area contributed by atoms with E-state index in [2.05, 4.69) is 44.9 Å². The lowest BCUT2D eigenvalue weighted by molar-refractivity contribution is 0.412. The molecular weight excluding hydrogens is 409 g/mol. The van der Waals surface area contributed by atoms with E-state index >= 15 is 0 Å². The third kappa shape index (κ3) is 5.34. The van der Waals surface area contributed by atoms with Gasteiger partial charge >= 0.3 is 0 Å². The van der Waals surface area contributed by atoms with Crippen LogP contribution in [0, 0.1) is 3.57 Å². The maximum atomic E-state index is 5.84. The first-order chi connectivity index (χ1) is 10.7. The van der Waals surface area contributed by atoms with Gasteiger partial charge in [-0.1, -0.05) is 48.2 Å². The van der Waals surface area contributed by atoms with E-state index in [-0.39, 0.29) is 0 Å². The predicted molar refractivity (Wildman–Crippen MR) is 103 cm³/mol. The van der Waals surface area contributed by atoms with E-state index in [4.69, 9.17) is 10.5 Å². The van der Waals surface area contributed by atoms with Crippen molar-refractivity contribution in [2.45, 2.75) is 5.75 Å². The SMILES string of the molecule is COc1cc(C=NN=C(N)SCc2ccccc2)ccc1I. The fourth-order valence-electron chi connectivity index (χ4n) is 1.67. The highest BCUT2D eigenvalue weighted by molar-refractivity contribution is 14.1. The fraction of sp³-hybridized carbons (Fsp3) is 0.125. The molecule has 0 saturated heterocycles. The molecule has 114 valence electrons. The molecule has 0 spiro atoms. The van der Waals surface area contributed by atoms with Crippen molar-refractivity contribution in [1.29, 1.82) is 0 Å². The number of halogens is 1. The Kier molecular flexibility index (Phi) is 6.73. The molecule has 6 heteroatoms. The monoisotopic (exact) mass is 425 g/mol. The summed E-state index contributed by atoms with van der Waals surface area (Å²) in [5, 5.41) is 8.46. The summed E-state index contributed by atoms with van der Waals surface area (Å²) in [7, 11) is 1.65. The van der Waals surface area contributed by atoms with Crippen molar-refractivity contribution >= 4 is 45.7 Å². The minimum atomic E-state index is 0.442. The van der Waals surface area contributed by atoms with E-state index in [0.717, 1.165) is 20.6 Å². The average molecular weight is 425 g/mol. The van der Waals surface area contributed by atoms with E-state index in [1.54, 1.807) is 13.3 Å². The normalized spacial score (nSPS) is 11.8. The van der Waals surface area contributed by atoms with E-state index in [9.17, 15) is 0 Å². The zero-order valence-electron chi connectivity index (χ0n) is 12.1. The summed E-state index contributed by atoms with van der Waals surface area (Å²) >= 11 is 3.68. The van der Waals surface area contributed by atoms with Gasteiger partial charge in [0.1, 0.15) is 5.75 Å². The molecule has 22 heavy (non-hydrogen) atoms. The van der Waals surface area contributed by atoms with Crippen molar-refractivity contribution in [3.8, 4) is 5.75 Å². The van der Waals surface area contributed by atoms with E-state index in [1.807, 2.05) is 36.4 Å². The first kappa shape index (κ1) is 16.8. The second-order valence-electron chi connectivity index (χ2n) is 4.35. The first-order valence-electron chi connectivity index (χ1n) is 6.56. The van der Waals surface area contributed by atoms with Crippen molar-refractivity contribution in [3.63, 3.8) is 0 Å². The molecule has 0 radical (unpaired) electrons. The van der Waals surface area contributed by atoms with E-state index in [1.165, 1.54) is 17.3 Å². The molecule has 2 aromatic rings. The number of hydrogen-bond acceptors (Lipinski definition) is 4. The maximum Gasteiger partial charge on any atom is 0.180 e. The van der Waals surface area contributed by atoms with Crippen molar-refractivity contribution in [1.82, 2.24) is 0 Å². The van der Waals surface area contributed by atoms with Crippen LogP contribution in [-0.4, -0.2) is 18.5 Å². The van der Waals surface area contributed by atoms with Gasteiger partial charge in [0.05, 0.1) is 16.9 Å². The Morgan fingerprint density at radius 2 is 2.05 bits per heavy atom. The van der Waals surface area contributed by atoms with Gasteiger partial charge in [-0.15, -0.1) is 5.10 Å². The summed E-state index contributed by atoms with van der Waals surface area (Å²) in [6, 6.07) is 16.0. The van der Waals surface area contributed by atoms with Crippen molar-refractivity contribution < 1.29 is 4.74 Å². The molecule has 2 N–H and O–H groups in total. The van der Waals surface area contributed by atoms with Gasteiger partial charge in [0.25, 0.3) is 0 Å². The highest BCUT2D eigenvalue weighted by Crippen LogP contribution is 2.21. The Hall–Kier alpha value is -1.54. The molecule has 0 fully saturated rings. The Morgan fingerprint density at radius 1 is 1.27 bits per heavy atom. The van der Waals surface area contributed by atoms with Gasteiger partial charge in [-0.2, -0.15) is 5.10 Å². The number of nitrogens with zero attached hydrogens (tertiary/aromatic N) is 2. The van der Waals surface area contributed by atoms with Crippen LogP contribution in [0.1, 0.15) is 11.1 Å². The number of amidine groups is 1. The van der Waals surface area contributed by atoms with Crippen LogP contribution in [0.15, 0.2) is 58.7 Å². The largest absolute Gasteiger partial charge is 0.496 e. The second-order valence-corrected chi connectivity index (χ2v) is 6.51. The molecule has 0 unspecified atom stereocenters. The Bertz CT molecular complexity index is 674. The number of rotatable bonds is 5. The van der Waals surface area contributed by atoms with Crippen LogP contribution < -0.4 is 10.5 Å². The predicted octanol–water partition coefficient (Wildman–Crippen LogP) is 3.88. The van der Waals surface area contributed by atoms with Crippen LogP contribution in [0.2, 0.25) is 0 Å². The third-order valence-corrected chi connectivity index (χ3v) is 4.51. The topological polar surface area (TPSA) is 60.0 Å². The molecule has 0 saturated carbocycles. The number of hydrogen-bond donors (Lipinski definition) is 1. The average Bonchev–Trinajstić information content (AvgIpc) is 2.55. The summed E-state index contributed by atoms with van der Waals surface area (Å²) in [5.74, 6) is 1.60. The van der Waals surface area contributed by atoms with E-state index < -0.39 is 0 Å². The summed E-state index contributed by atoms with van der Waals surface area (Å²) in [6.45, 7) is 0. The standard InChI is InChI=1S/C16H16IN3OS/c1-21-15-9-13(7-8-14(15)17)10-19-20-16(18)22-11-12-5-3-2-4-6-12/h2-10H,11H2,1H3,(H2,18,20). The molecule has 0 aliphatic carbocycles. The Morgan fingerprint density at radius 3 is 2.77 bits per heavy atom. The highest BCUT2D eigenvalue weighted by Gasteiger charge is 1.99. The second kappa shape index (κ2) is 8.79. The minimum absolute atomic E-state index is 0.442. The van der Waals surface area contributed by atoms with Crippen molar-refractivity contribution in [3.05, 3.63) is 63.2 Å². The zero-order chi connectivity index (χ0) is 15.8. The first-order valence-corrected chi connectivity index (χ1v) is 8.62. The van der Waals surface area contributed by atoms with Crippen LogP contribution in [0.4, 0.5) is 0 Å². The molecule has 0 bridgehead atoms. The zero-order valence-corrected chi connectivity index (χ0v) is 15.0. The number of methoxy groups -OCH3 is 1. The molecule has 0 atom stereocenters. The Balaban J connectivity index is 1.92. The smallest absolute Gasteiger partial charge is 0.180 e. The molecule has 0 aromatic heterocycles. The van der Waals surface area contributed by atoms with Gasteiger partial charge in [-0.3, -0.25) is 0 Å². The molecule has 0 amide bonds. The Labute approximate surface area is 148 Å². The van der Waals surface area contributed by atoms with Crippen LogP contribution in [0.3, 0.4) is 0 Å². The minimum Gasteiger partial charge on any atom is -0.496 e. The molecule has 2 rings (SSSR count). The number of benzene rings is 2. The van der Waals surface area contributed by atoms with Crippen molar-refractivity contribution in [2.75, 3.05) is 7.11 Å². The summed E-state index contributed by atoms with van der Waals surface area (Å²) in [4.78, 5) is 0. The number of nitrogens with two attached hydrogens (primary N) is 1. The van der Waals surface area contributed by atoms with Gasteiger partial charge in [0.15, 0.2) is 5.17 Å². The van der Waals surface area contributed by atoms with Crippen LogP contribution in [0.25, 0.3) is 0 Å². The van der Waals surface area contributed by atoms with Gasteiger partial charge in [-0.25, -0.2) is 0 Å². The summed E-state index contributed by atoms with van der Waals surface area (Å²) < 4.78 is 6.32. The number of thioether (sulfide) groups is 1. The van der Waals surface area contributed by atoms with Crippen LogP contribution in [0.5, 0.6) is 5.75 Å². The lowest BCUT2D eigenvalue weighted by Crippen LogP contribution is -2.06. The van der Waals surface area contributed by atoms with Gasteiger partial charge in [0.2, 0.25) is 0 Å². The molecule has 0 aliphatic rings. The molecule has 4 nitrogen and oxygen atoms in total. The lowest BCUT2D eigenvalue weighted by atomic mass is 10.2. The number of ether oxygens (including phenoxy) is 1. The van der Waals surface area contributed by atoms with Crippen LogP contribution >= 0.6 is 34.4 Å². The molecule has 0 aliphatic heterocycles. The lowest BCUT2D eigenvalue weighted by Gasteiger charge is -2.03. The maximum absolute atomic E-state index is 5.84. The van der Waals surface area contributed by atoms with Gasteiger partial charge in [-0.05, 0) is 45.9 Å². The van der Waals surface area contributed by atoms with Crippen molar-refractivity contribution in [2.24, 2.45) is 15.9 Å². The van der Waals surface area contributed by atoms with Gasteiger partial charge < -0.3 is 10.5 Å². The van der Waals surface area contributed by atoms with Crippen LogP contribution in [-0.2, 0) is 5.75 Å². The fourth-order valence-corrected chi connectivity index (χ4v) is 2.84. The summed E-state index contributed by atoms with van der Waals surface area (Å²) in [5.41, 5.74) is 7.96. The van der Waals surface area contributed by atoms with E-state index in [0.29, 0.717) is 5.17 Å². The quantitative estimate of drug-likeness (QED) is 0.342. The molecule has 2 aromatic carbocycles.